The van der Waals surface area contributed by atoms with E-state index in [1.165, 1.54) is 0 Å². The summed E-state index contributed by atoms with van der Waals surface area (Å²) >= 11 is 0. The van der Waals surface area contributed by atoms with Crippen molar-refractivity contribution in [2.24, 2.45) is 0 Å². The number of hydrogen-bond acceptors (Lipinski definition) is 3. The number of carbonyl (C=O) groups is 1. The molecule has 1 saturated heterocycles. The largest absolute Gasteiger partial charge is 0.394 e. The summed E-state index contributed by atoms with van der Waals surface area (Å²) < 4.78 is 1.88. The Labute approximate surface area is 117 Å². The zero-order valence-electron chi connectivity index (χ0n) is 11.4. The molecule has 0 spiro atoms. The first-order valence-corrected chi connectivity index (χ1v) is 7.10. The standard InChI is InChI=1S/C15H19N3O2/c19-10-12-5-3-4-8-18(12)15(20)9-17-11-16-13-6-1-2-7-14(13)17/h1-2,6-7,11-12,19H,3-5,8-10H2. The lowest BCUT2D eigenvalue weighted by Crippen LogP contribution is -2.46. The van der Waals surface area contributed by atoms with Gasteiger partial charge in [0.25, 0.3) is 0 Å². The maximum Gasteiger partial charge on any atom is 0.242 e. The van der Waals surface area contributed by atoms with Gasteiger partial charge in [-0.05, 0) is 31.4 Å². The molecule has 1 aromatic carbocycles. The van der Waals surface area contributed by atoms with E-state index in [0.717, 1.165) is 36.8 Å². The lowest BCUT2D eigenvalue weighted by atomic mass is 10.0. The van der Waals surface area contributed by atoms with E-state index in [9.17, 15) is 9.90 Å². The number of aromatic nitrogens is 2. The average Bonchev–Trinajstić information content (AvgIpc) is 2.90. The van der Waals surface area contributed by atoms with Gasteiger partial charge in [0, 0.05) is 6.54 Å². The van der Waals surface area contributed by atoms with Gasteiger partial charge in [0.1, 0.15) is 6.54 Å². The number of carbonyl (C=O) groups excluding carboxylic acids is 1. The fourth-order valence-electron chi connectivity index (χ4n) is 2.89. The van der Waals surface area contributed by atoms with Crippen molar-refractivity contribution in [1.82, 2.24) is 14.5 Å². The molecular formula is C15H19N3O2. The van der Waals surface area contributed by atoms with Gasteiger partial charge in [0.2, 0.25) is 5.91 Å². The molecule has 0 aliphatic carbocycles. The van der Waals surface area contributed by atoms with E-state index in [1.54, 1.807) is 6.33 Å². The van der Waals surface area contributed by atoms with Crippen LogP contribution in [0.5, 0.6) is 0 Å². The molecule has 0 bridgehead atoms. The average molecular weight is 273 g/mol. The molecule has 1 aliphatic rings. The molecule has 2 heterocycles. The van der Waals surface area contributed by atoms with Crippen molar-refractivity contribution >= 4 is 16.9 Å². The van der Waals surface area contributed by atoms with Crippen LogP contribution >= 0.6 is 0 Å². The molecule has 1 atom stereocenters. The predicted molar refractivity (Wildman–Crippen MR) is 76.2 cm³/mol. The van der Waals surface area contributed by atoms with E-state index in [-0.39, 0.29) is 25.1 Å². The molecular weight excluding hydrogens is 254 g/mol. The van der Waals surface area contributed by atoms with Crippen LogP contribution in [0.3, 0.4) is 0 Å². The number of aliphatic hydroxyl groups is 1. The molecule has 1 amide bonds. The van der Waals surface area contributed by atoms with E-state index in [0.29, 0.717) is 0 Å². The monoisotopic (exact) mass is 273 g/mol. The van der Waals surface area contributed by atoms with Gasteiger partial charge in [-0.15, -0.1) is 0 Å². The Kier molecular flexibility index (Phi) is 3.69. The quantitative estimate of drug-likeness (QED) is 0.920. The highest BCUT2D eigenvalue weighted by atomic mass is 16.3. The van der Waals surface area contributed by atoms with Gasteiger partial charge in [-0.25, -0.2) is 4.98 Å². The van der Waals surface area contributed by atoms with Crippen LogP contribution in [0.25, 0.3) is 11.0 Å². The number of nitrogens with zero attached hydrogens (tertiary/aromatic N) is 3. The Morgan fingerprint density at radius 1 is 1.35 bits per heavy atom. The minimum absolute atomic E-state index is 0.0222. The molecule has 5 nitrogen and oxygen atoms in total. The molecule has 2 aromatic rings. The third-order valence-corrected chi connectivity index (χ3v) is 3.99. The number of amides is 1. The maximum atomic E-state index is 12.4. The summed E-state index contributed by atoms with van der Waals surface area (Å²) in [5.74, 6) is 0.0619. The second kappa shape index (κ2) is 5.63. The summed E-state index contributed by atoms with van der Waals surface area (Å²) in [6.07, 6.45) is 4.71. The van der Waals surface area contributed by atoms with Crippen molar-refractivity contribution in [2.45, 2.75) is 31.8 Å². The number of imidazole rings is 1. The Morgan fingerprint density at radius 2 is 2.20 bits per heavy atom. The molecule has 106 valence electrons. The number of hydrogen-bond donors (Lipinski definition) is 1. The normalized spacial score (nSPS) is 19.4. The molecule has 3 rings (SSSR count). The van der Waals surface area contributed by atoms with Gasteiger partial charge in [-0.1, -0.05) is 12.1 Å². The summed E-state index contributed by atoms with van der Waals surface area (Å²) in [7, 11) is 0. The van der Waals surface area contributed by atoms with E-state index in [2.05, 4.69) is 4.98 Å². The van der Waals surface area contributed by atoms with Gasteiger partial charge in [0.05, 0.1) is 30.0 Å². The maximum absolute atomic E-state index is 12.4. The van der Waals surface area contributed by atoms with Gasteiger partial charge in [0.15, 0.2) is 0 Å². The number of para-hydroxylation sites is 2. The van der Waals surface area contributed by atoms with Crippen molar-refractivity contribution in [3.63, 3.8) is 0 Å². The Hall–Kier alpha value is -1.88. The third-order valence-electron chi connectivity index (χ3n) is 3.99. The predicted octanol–water partition coefficient (Wildman–Crippen LogP) is 1.41. The van der Waals surface area contributed by atoms with Gasteiger partial charge < -0.3 is 14.6 Å². The zero-order valence-corrected chi connectivity index (χ0v) is 11.4. The van der Waals surface area contributed by atoms with Gasteiger partial charge >= 0.3 is 0 Å². The van der Waals surface area contributed by atoms with Crippen LogP contribution in [0.2, 0.25) is 0 Å². The molecule has 1 fully saturated rings. The molecule has 1 aliphatic heterocycles. The van der Waals surface area contributed by atoms with Crippen molar-refractivity contribution in [2.75, 3.05) is 13.2 Å². The number of fused-ring (bicyclic) bond motifs is 1. The summed E-state index contributed by atoms with van der Waals surface area (Å²) in [6, 6.07) is 7.77. The Bertz CT molecular complexity index is 608. The summed E-state index contributed by atoms with van der Waals surface area (Å²) in [5, 5.41) is 9.40. The minimum atomic E-state index is -0.0222. The van der Waals surface area contributed by atoms with E-state index in [1.807, 2.05) is 33.7 Å². The summed E-state index contributed by atoms with van der Waals surface area (Å²) in [6.45, 7) is 1.09. The lowest BCUT2D eigenvalue weighted by Gasteiger charge is -2.34. The van der Waals surface area contributed by atoms with Crippen LogP contribution < -0.4 is 0 Å². The van der Waals surface area contributed by atoms with Crippen LogP contribution in [0.4, 0.5) is 0 Å². The molecule has 1 unspecified atom stereocenters. The first-order chi connectivity index (χ1) is 9.79. The second-order valence-electron chi connectivity index (χ2n) is 5.28. The Morgan fingerprint density at radius 3 is 3.05 bits per heavy atom. The SMILES string of the molecule is O=C(Cn1cnc2ccccc21)N1CCCCC1CO. The molecule has 1 aromatic heterocycles. The fourth-order valence-corrected chi connectivity index (χ4v) is 2.89. The van der Waals surface area contributed by atoms with Crippen LogP contribution in [0.1, 0.15) is 19.3 Å². The van der Waals surface area contributed by atoms with Gasteiger partial charge in [-0.2, -0.15) is 0 Å². The summed E-state index contributed by atoms with van der Waals surface area (Å²) in [5.41, 5.74) is 1.87. The molecule has 0 saturated carbocycles. The van der Waals surface area contributed by atoms with E-state index >= 15 is 0 Å². The highest BCUT2D eigenvalue weighted by Crippen LogP contribution is 2.18. The zero-order chi connectivity index (χ0) is 13.9. The topological polar surface area (TPSA) is 58.4 Å². The first kappa shape index (κ1) is 13.1. The molecule has 0 radical (unpaired) electrons. The minimum Gasteiger partial charge on any atom is -0.394 e. The number of rotatable bonds is 3. The molecule has 5 heteroatoms. The smallest absolute Gasteiger partial charge is 0.242 e. The van der Waals surface area contributed by atoms with Crippen LogP contribution in [-0.4, -0.2) is 44.7 Å². The van der Waals surface area contributed by atoms with Crippen molar-refractivity contribution in [3.05, 3.63) is 30.6 Å². The van der Waals surface area contributed by atoms with Gasteiger partial charge in [-0.3, -0.25) is 4.79 Å². The Balaban J connectivity index is 1.78. The van der Waals surface area contributed by atoms with Crippen molar-refractivity contribution < 1.29 is 9.90 Å². The highest BCUT2D eigenvalue weighted by Gasteiger charge is 2.26. The fraction of sp³-hybridized carbons (Fsp3) is 0.467. The number of benzene rings is 1. The third kappa shape index (κ3) is 2.41. The van der Waals surface area contributed by atoms with Crippen molar-refractivity contribution in [1.29, 1.82) is 0 Å². The van der Waals surface area contributed by atoms with Crippen molar-refractivity contribution in [3.8, 4) is 0 Å². The molecule has 20 heavy (non-hydrogen) atoms. The first-order valence-electron chi connectivity index (χ1n) is 7.10. The molecule has 1 N–H and O–H groups in total. The lowest BCUT2D eigenvalue weighted by molar-refractivity contribution is -0.136. The summed E-state index contributed by atoms with van der Waals surface area (Å²) in [4.78, 5) is 18.6. The van der Waals surface area contributed by atoms with E-state index < -0.39 is 0 Å². The number of likely N-dealkylation sites (tertiary alicyclic amines) is 1. The number of piperidine rings is 1. The van der Waals surface area contributed by atoms with Crippen LogP contribution in [-0.2, 0) is 11.3 Å². The van der Waals surface area contributed by atoms with Crippen LogP contribution in [0.15, 0.2) is 30.6 Å². The highest BCUT2D eigenvalue weighted by molar-refractivity contribution is 5.80. The number of aliphatic hydroxyl groups excluding tert-OH is 1. The second-order valence-corrected chi connectivity index (χ2v) is 5.28. The van der Waals surface area contributed by atoms with Crippen LogP contribution in [0, 0.1) is 0 Å². The van der Waals surface area contributed by atoms with E-state index in [4.69, 9.17) is 0 Å².